The van der Waals surface area contributed by atoms with Crippen LogP contribution < -0.4 is 11.1 Å². The topological polar surface area (TPSA) is 162 Å². The first-order chi connectivity index (χ1) is 23.8. The van der Waals surface area contributed by atoms with Crippen molar-refractivity contribution >= 4 is 23.7 Å². The summed E-state index contributed by atoms with van der Waals surface area (Å²) in [5.74, 6) is -2.34. The average molecular weight is 712 g/mol. The number of carboxylic acid groups (broad SMARTS) is 1. The molecule has 11 heteroatoms. The number of ketones is 1. The molecule has 0 spiro atoms. The molecule has 2 N–H and O–H groups in total. The van der Waals surface area contributed by atoms with Crippen molar-refractivity contribution in [3.63, 3.8) is 0 Å². The van der Waals surface area contributed by atoms with Gasteiger partial charge < -0.3 is 28.7 Å². The van der Waals surface area contributed by atoms with Crippen LogP contribution in [0.25, 0.3) is 0 Å². The summed E-state index contributed by atoms with van der Waals surface area (Å²) in [6, 6.07) is -0.283. The predicted molar refractivity (Wildman–Crippen MR) is 186 cm³/mol. The minimum Gasteiger partial charge on any atom is -0.481 e. The molecule has 0 radical (unpaired) electrons. The van der Waals surface area contributed by atoms with E-state index in [1.807, 2.05) is 19.9 Å². The van der Waals surface area contributed by atoms with Crippen LogP contribution in [0.3, 0.4) is 0 Å². The number of rotatable bonds is 9. The fraction of sp³-hybridized carbons (Fsp3) is 0.775. The third kappa shape index (κ3) is 5.66. The Morgan fingerprint density at radius 1 is 0.961 bits per heavy atom. The zero-order chi connectivity index (χ0) is 37.4. The molecule has 6 rings (SSSR count). The van der Waals surface area contributed by atoms with Gasteiger partial charge in [0, 0.05) is 18.4 Å². The smallest absolute Gasteiger partial charge is 0.481 e. The van der Waals surface area contributed by atoms with Crippen molar-refractivity contribution in [3.05, 3.63) is 33.8 Å². The Labute approximate surface area is 300 Å². The number of allylic oxidation sites excluding steroid dienone is 2. The van der Waals surface area contributed by atoms with Crippen LogP contribution in [0.1, 0.15) is 124 Å². The van der Waals surface area contributed by atoms with Crippen molar-refractivity contribution in [3.8, 4) is 0 Å². The van der Waals surface area contributed by atoms with Crippen LogP contribution in [0, 0.1) is 57.2 Å². The van der Waals surface area contributed by atoms with Gasteiger partial charge in [0.1, 0.15) is 0 Å². The number of fused-ring (bicyclic) bond motifs is 7. The lowest BCUT2D eigenvalue weighted by Gasteiger charge is -2.70. The number of carbonyl (C=O) groups is 4. The largest absolute Gasteiger partial charge is 0.519 e. The highest BCUT2D eigenvalue weighted by Gasteiger charge is 2.72. The number of hydrogen-bond donors (Lipinski definition) is 2. The summed E-state index contributed by atoms with van der Waals surface area (Å²) in [5.41, 5.74) is -1.98. The SMILES string of the molecule is COC(=O)CCCN[C@H]1CC[C@@]2(C)[C@@H](CC[C@]3(C)[C@@H]2C(=O)C=C2[C@@H]4C[C@@](C)(C(=O)O)CC[C@]4(C)CC[C@]23C)[C@]1(C)C(=O)OCc1oc(=O)oc1C. The number of carboxylic acids is 1. The van der Waals surface area contributed by atoms with Crippen LogP contribution in [0.2, 0.25) is 0 Å². The summed E-state index contributed by atoms with van der Waals surface area (Å²) in [7, 11) is 1.37. The minimum atomic E-state index is -1.04. The van der Waals surface area contributed by atoms with Crippen LogP contribution in [-0.4, -0.2) is 48.5 Å². The maximum atomic E-state index is 14.9. The molecule has 5 aliphatic carbocycles. The molecule has 0 bridgehead atoms. The Hall–Kier alpha value is -3.21. The molecular weight excluding hydrogens is 654 g/mol. The molecule has 4 fully saturated rings. The second-order valence-electron chi connectivity index (χ2n) is 18.1. The lowest BCUT2D eigenvalue weighted by Crippen LogP contribution is -2.69. The van der Waals surface area contributed by atoms with E-state index in [9.17, 15) is 29.1 Å². The maximum Gasteiger partial charge on any atom is 0.519 e. The Morgan fingerprint density at radius 3 is 2.31 bits per heavy atom. The molecule has 0 aliphatic heterocycles. The van der Waals surface area contributed by atoms with E-state index in [1.165, 1.54) is 7.11 Å². The highest BCUT2D eigenvalue weighted by Crippen LogP contribution is 2.75. The van der Waals surface area contributed by atoms with E-state index in [2.05, 4.69) is 33.0 Å². The highest BCUT2D eigenvalue weighted by molar-refractivity contribution is 5.96. The van der Waals surface area contributed by atoms with Gasteiger partial charge in [-0.1, -0.05) is 33.3 Å². The fourth-order valence-electron chi connectivity index (χ4n) is 12.1. The lowest BCUT2D eigenvalue weighted by molar-refractivity contribution is -0.205. The van der Waals surface area contributed by atoms with Crippen LogP contribution in [0.4, 0.5) is 0 Å². The summed E-state index contributed by atoms with van der Waals surface area (Å²) in [4.78, 5) is 65.4. The van der Waals surface area contributed by atoms with Gasteiger partial charge in [0.15, 0.2) is 23.9 Å². The molecule has 51 heavy (non-hydrogen) atoms. The van der Waals surface area contributed by atoms with Crippen molar-refractivity contribution in [2.75, 3.05) is 13.7 Å². The molecule has 1 heterocycles. The number of methoxy groups -OCH3 is 1. The predicted octanol–water partition coefficient (Wildman–Crippen LogP) is 6.54. The van der Waals surface area contributed by atoms with E-state index in [1.54, 1.807) is 6.92 Å². The van der Waals surface area contributed by atoms with E-state index in [-0.39, 0.29) is 76.3 Å². The molecule has 1 aromatic heterocycles. The number of aliphatic carboxylic acids is 1. The standard InChI is InChI=1S/C40H57NO10/c1-23-27(51-34(47)50-23)22-49-33(46)40(7)28-11-14-39(6)31(37(28,4)13-12-29(40)41-19-9-10-30(43)48-8)26(42)20-24-25-21-36(3,32(44)45)16-15-35(25,2)17-18-38(24,39)5/h20,25,28-29,31,41H,9-19,21-22H2,1-8H3,(H,44,45)/t25-,28+,29-,31+,35+,36-,37-,38+,39+,40-/m0/s1. The van der Waals surface area contributed by atoms with E-state index < -0.39 is 34.0 Å². The van der Waals surface area contributed by atoms with Crippen molar-refractivity contribution in [2.24, 2.45) is 50.2 Å². The van der Waals surface area contributed by atoms with Gasteiger partial charge >= 0.3 is 23.7 Å². The van der Waals surface area contributed by atoms with E-state index >= 15 is 0 Å². The third-order valence-electron chi connectivity index (χ3n) is 15.6. The monoisotopic (exact) mass is 711 g/mol. The highest BCUT2D eigenvalue weighted by atomic mass is 16.6. The van der Waals surface area contributed by atoms with Gasteiger partial charge in [-0.2, -0.15) is 0 Å². The molecule has 4 saturated carbocycles. The van der Waals surface area contributed by atoms with Crippen molar-refractivity contribution in [1.29, 1.82) is 0 Å². The summed E-state index contributed by atoms with van der Waals surface area (Å²) >= 11 is 0. The van der Waals surface area contributed by atoms with Gasteiger partial charge in [-0.05, 0) is 131 Å². The molecule has 11 nitrogen and oxygen atoms in total. The molecule has 1 aromatic rings. The molecule has 10 atom stereocenters. The third-order valence-corrected chi connectivity index (χ3v) is 15.6. The molecule has 0 aromatic carbocycles. The number of hydrogen-bond acceptors (Lipinski definition) is 10. The fourth-order valence-corrected chi connectivity index (χ4v) is 12.1. The number of aryl methyl sites for hydroxylation is 1. The van der Waals surface area contributed by atoms with Crippen LogP contribution in [0.15, 0.2) is 25.3 Å². The zero-order valence-electron chi connectivity index (χ0n) is 31.7. The van der Waals surface area contributed by atoms with E-state index in [0.717, 1.165) is 37.7 Å². The molecule has 0 unspecified atom stereocenters. The first-order valence-electron chi connectivity index (χ1n) is 18.9. The molecule has 0 saturated heterocycles. The van der Waals surface area contributed by atoms with Crippen LogP contribution in [-0.2, 0) is 35.3 Å². The second-order valence-corrected chi connectivity index (χ2v) is 18.1. The zero-order valence-corrected chi connectivity index (χ0v) is 31.7. The molecular formula is C40H57NO10. The summed E-state index contributed by atoms with van der Waals surface area (Å²) < 4.78 is 20.9. The number of nitrogens with one attached hydrogen (secondary N) is 1. The van der Waals surface area contributed by atoms with Crippen LogP contribution in [0.5, 0.6) is 0 Å². The Kier molecular flexibility index (Phi) is 9.37. The van der Waals surface area contributed by atoms with Gasteiger partial charge in [0.05, 0.1) is 17.9 Å². The summed E-state index contributed by atoms with van der Waals surface area (Å²) in [6.07, 6.45) is 9.47. The number of carbonyl (C=O) groups excluding carboxylic acids is 3. The molecule has 282 valence electrons. The quantitative estimate of drug-likeness (QED) is 0.211. The normalized spacial score (nSPS) is 41.6. The van der Waals surface area contributed by atoms with Crippen LogP contribution >= 0.6 is 0 Å². The van der Waals surface area contributed by atoms with Gasteiger partial charge in [0.2, 0.25) is 0 Å². The van der Waals surface area contributed by atoms with Crippen molar-refractivity contribution in [1.82, 2.24) is 5.32 Å². The van der Waals surface area contributed by atoms with Gasteiger partial charge in [-0.25, -0.2) is 4.79 Å². The average Bonchev–Trinajstić information content (AvgIpc) is 3.40. The van der Waals surface area contributed by atoms with Gasteiger partial charge in [0.25, 0.3) is 0 Å². The number of ether oxygens (including phenoxy) is 2. The Bertz CT molecular complexity index is 1690. The second kappa shape index (κ2) is 12.7. The van der Waals surface area contributed by atoms with E-state index in [4.69, 9.17) is 18.3 Å². The Morgan fingerprint density at radius 2 is 1.67 bits per heavy atom. The van der Waals surface area contributed by atoms with Gasteiger partial charge in [-0.15, -0.1) is 0 Å². The van der Waals surface area contributed by atoms with Crippen molar-refractivity contribution in [2.45, 2.75) is 132 Å². The first kappa shape index (κ1) is 37.5. The molecule has 0 amide bonds. The lowest BCUT2D eigenvalue weighted by atomic mass is 9.33. The Balaban J connectivity index is 1.36. The van der Waals surface area contributed by atoms with E-state index in [0.29, 0.717) is 38.6 Å². The summed E-state index contributed by atoms with van der Waals surface area (Å²) in [6.45, 7) is 14.8. The minimum absolute atomic E-state index is 0.0231. The number of esters is 2. The van der Waals surface area contributed by atoms with Gasteiger partial charge in [-0.3, -0.25) is 19.2 Å². The van der Waals surface area contributed by atoms with Crippen molar-refractivity contribution < 1.29 is 42.6 Å². The first-order valence-corrected chi connectivity index (χ1v) is 18.9. The molecule has 5 aliphatic rings. The maximum absolute atomic E-state index is 14.9. The summed E-state index contributed by atoms with van der Waals surface area (Å²) in [5, 5.41) is 13.8.